The molecule has 2 atom stereocenters. The minimum Gasteiger partial charge on any atom is -0.297 e. The number of Topliss-reactive ketones (excluding diaryl/α,β-unsaturated/α-hetero) is 1. The van der Waals surface area contributed by atoms with Gasteiger partial charge in [-0.25, -0.2) is 8.42 Å². The number of sulfone groups is 1. The van der Waals surface area contributed by atoms with Gasteiger partial charge in [-0.15, -0.1) is 0 Å². The van der Waals surface area contributed by atoms with Crippen LogP contribution < -0.4 is 0 Å². The quantitative estimate of drug-likeness (QED) is 0.788. The largest absolute Gasteiger partial charge is 0.297 e. The number of ketones is 1. The van der Waals surface area contributed by atoms with Crippen molar-refractivity contribution < 1.29 is 13.2 Å². The SMILES string of the molecule is CCN1C[C@@]2(C[C@H]1C(=O)C(C)(C)CC)C(C)(C)C21CS(=O)(=O)C1. The van der Waals surface area contributed by atoms with E-state index in [9.17, 15) is 13.2 Å². The molecular formula is C18H31NO3S. The Morgan fingerprint density at radius 2 is 1.74 bits per heavy atom. The normalized spacial score (nSPS) is 37.0. The van der Waals surface area contributed by atoms with E-state index in [2.05, 4.69) is 32.6 Å². The molecule has 2 heterocycles. The summed E-state index contributed by atoms with van der Waals surface area (Å²) >= 11 is 0. The lowest BCUT2D eigenvalue weighted by atomic mass is 9.79. The monoisotopic (exact) mass is 341 g/mol. The van der Waals surface area contributed by atoms with E-state index in [1.165, 1.54) is 0 Å². The molecule has 132 valence electrons. The molecule has 0 amide bonds. The van der Waals surface area contributed by atoms with Crippen molar-refractivity contribution in [2.45, 2.75) is 60.4 Å². The van der Waals surface area contributed by atoms with Crippen LogP contribution in [0.5, 0.6) is 0 Å². The minimum absolute atomic E-state index is 0.00543. The van der Waals surface area contributed by atoms with Gasteiger partial charge in [0, 0.05) is 17.4 Å². The van der Waals surface area contributed by atoms with Crippen LogP contribution in [0.25, 0.3) is 0 Å². The summed E-state index contributed by atoms with van der Waals surface area (Å²) in [6, 6.07) is -0.0445. The average molecular weight is 342 g/mol. The lowest BCUT2D eigenvalue weighted by Crippen LogP contribution is -2.44. The van der Waals surface area contributed by atoms with Gasteiger partial charge in [0.15, 0.2) is 15.6 Å². The average Bonchev–Trinajstić information content (AvgIpc) is 2.78. The van der Waals surface area contributed by atoms with Gasteiger partial charge in [0.05, 0.1) is 17.5 Å². The molecule has 2 saturated heterocycles. The van der Waals surface area contributed by atoms with Crippen molar-refractivity contribution in [3.63, 3.8) is 0 Å². The number of nitrogens with zero attached hydrogens (tertiary/aromatic N) is 1. The molecule has 0 aromatic heterocycles. The fourth-order valence-electron chi connectivity index (χ4n) is 5.60. The van der Waals surface area contributed by atoms with Crippen molar-refractivity contribution in [2.75, 3.05) is 24.6 Å². The molecule has 3 aliphatic rings. The zero-order chi connectivity index (χ0) is 17.5. The first-order valence-electron chi connectivity index (χ1n) is 8.88. The van der Waals surface area contributed by atoms with E-state index in [1.54, 1.807) is 0 Å². The molecule has 2 spiro atoms. The molecule has 0 bridgehead atoms. The minimum atomic E-state index is -2.86. The second-order valence-electron chi connectivity index (χ2n) is 9.21. The van der Waals surface area contributed by atoms with E-state index in [0.29, 0.717) is 17.3 Å². The molecule has 1 saturated carbocycles. The molecule has 0 N–H and O–H groups in total. The fourth-order valence-corrected chi connectivity index (χ4v) is 8.29. The topological polar surface area (TPSA) is 54.5 Å². The number of carbonyl (C=O) groups is 1. The van der Waals surface area contributed by atoms with Crippen LogP contribution >= 0.6 is 0 Å². The second kappa shape index (κ2) is 4.60. The summed E-state index contributed by atoms with van der Waals surface area (Å²) in [7, 11) is -2.86. The van der Waals surface area contributed by atoms with E-state index in [1.807, 2.05) is 13.8 Å². The summed E-state index contributed by atoms with van der Waals surface area (Å²) in [6.07, 6.45) is 1.68. The third kappa shape index (κ3) is 1.92. The van der Waals surface area contributed by atoms with E-state index in [4.69, 9.17) is 0 Å². The molecule has 23 heavy (non-hydrogen) atoms. The van der Waals surface area contributed by atoms with Crippen molar-refractivity contribution in [3.05, 3.63) is 0 Å². The van der Waals surface area contributed by atoms with Crippen LogP contribution in [0.15, 0.2) is 0 Å². The molecule has 0 aromatic carbocycles. The summed E-state index contributed by atoms with van der Waals surface area (Å²) < 4.78 is 23.7. The third-order valence-electron chi connectivity index (χ3n) is 7.89. The van der Waals surface area contributed by atoms with Crippen LogP contribution in [0.2, 0.25) is 0 Å². The molecule has 1 aliphatic carbocycles. The number of carbonyl (C=O) groups excluding carboxylic acids is 1. The molecule has 2 aliphatic heterocycles. The second-order valence-corrected chi connectivity index (χ2v) is 11.3. The molecule has 0 aromatic rings. The molecule has 0 radical (unpaired) electrons. The number of likely N-dealkylation sites (N-methyl/N-ethyl adjacent to an activating group) is 1. The van der Waals surface area contributed by atoms with Gasteiger partial charge in [-0.2, -0.15) is 0 Å². The summed E-state index contributed by atoms with van der Waals surface area (Å²) in [4.78, 5) is 15.4. The summed E-state index contributed by atoms with van der Waals surface area (Å²) in [6.45, 7) is 14.4. The number of likely N-dealkylation sites (tertiary alicyclic amines) is 1. The standard InChI is InChI=1S/C18H31NO3S/c1-7-15(3,4)14(20)13-9-17(10-19(13)8-2)16(5,6)18(17)11-23(21,22)12-18/h13H,7-12H2,1-6H3/t13-,17-/m0/s1. The van der Waals surface area contributed by atoms with Crippen LogP contribution in [-0.2, 0) is 14.6 Å². The van der Waals surface area contributed by atoms with Crippen molar-refractivity contribution in [2.24, 2.45) is 21.7 Å². The smallest absolute Gasteiger partial charge is 0.155 e. The molecule has 5 heteroatoms. The Labute approximate surface area is 140 Å². The maximum absolute atomic E-state index is 13.1. The lowest BCUT2D eigenvalue weighted by molar-refractivity contribution is -0.131. The molecule has 0 unspecified atom stereocenters. The first-order valence-corrected chi connectivity index (χ1v) is 10.7. The Kier molecular flexibility index (Phi) is 3.48. The van der Waals surface area contributed by atoms with Crippen molar-refractivity contribution in [1.29, 1.82) is 0 Å². The Balaban J connectivity index is 1.90. The predicted octanol–water partition coefficient (Wildman–Crippen LogP) is 2.53. The predicted molar refractivity (Wildman–Crippen MR) is 92.0 cm³/mol. The number of fused-ring (bicyclic) bond motifs is 1. The molecular weight excluding hydrogens is 310 g/mol. The molecule has 3 rings (SSSR count). The maximum atomic E-state index is 13.1. The van der Waals surface area contributed by atoms with Crippen molar-refractivity contribution in [3.8, 4) is 0 Å². The Bertz CT molecular complexity index is 637. The first-order chi connectivity index (χ1) is 10.4. The third-order valence-corrected chi connectivity index (χ3v) is 9.76. The van der Waals surface area contributed by atoms with Crippen LogP contribution in [-0.4, -0.2) is 49.7 Å². The molecule has 4 nitrogen and oxygen atoms in total. The van der Waals surface area contributed by atoms with Crippen LogP contribution in [0, 0.1) is 21.7 Å². The highest BCUT2D eigenvalue weighted by Crippen LogP contribution is 2.85. The van der Waals surface area contributed by atoms with Gasteiger partial charge < -0.3 is 0 Å². The highest BCUT2D eigenvalue weighted by Gasteiger charge is 2.88. The van der Waals surface area contributed by atoms with E-state index < -0.39 is 9.84 Å². The zero-order valence-corrected chi connectivity index (χ0v) is 16.2. The van der Waals surface area contributed by atoms with Gasteiger partial charge in [-0.3, -0.25) is 9.69 Å². The van der Waals surface area contributed by atoms with Crippen LogP contribution in [0.1, 0.15) is 54.4 Å². The van der Waals surface area contributed by atoms with Crippen molar-refractivity contribution in [1.82, 2.24) is 4.90 Å². The highest BCUT2D eigenvalue weighted by molar-refractivity contribution is 7.92. The van der Waals surface area contributed by atoms with Gasteiger partial charge in [0.2, 0.25) is 0 Å². The molecule has 3 fully saturated rings. The highest BCUT2D eigenvalue weighted by atomic mass is 32.2. The van der Waals surface area contributed by atoms with Crippen molar-refractivity contribution >= 4 is 15.6 Å². The van der Waals surface area contributed by atoms with Gasteiger partial charge in [-0.05, 0) is 30.2 Å². The summed E-state index contributed by atoms with van der Waals surface area (Å²) in [5.74, 6) is 0.976. The van der Waals surface area contributed by atoms with Crippen LogP contribution in [0.4, 0.5) is 0 Å². The summed E-state index contributed by atoms with van der Waals surface area (Å²) in [5, 5.41) is 0. The van der Waals surface area contributed by atoms with Gasteiger partial charge in [-0.1, -0.05) is 41.5 Å². The van der Waals surface area contributed by atoms with E-state index in [-0.39, 0.29) is 27.7 Å². The Morgan fingerprint density at radius 1 is 1.17 bits per heavy atom. The van der Waals surface area contributed by atoms with Gasteiger partial charge in [0.25, 0.3) is 0 Å². The number of hydrogen-bond donors (Lipinski definition) is 0. The summed E-state index contributed by atoms with van der Waals surface area (Å²) in [5.41, 5.74) is -0.366. The van der Waals surface area contributed by atoms with Gasteiger partial charge in [0.1, 0.15) is 0 Å². The van der Waals surface area contributed by atoms with Crippen LogP contribution in [0.3, 0.4) is 0 Å². The Hall–Kier alpha value is -0.420. The number of hydrogen-bond acceptors (Lipinski definition) is 4. The fraction of sp³-hybridized carbons (Fsp3) is 0.944. The van der Waals surface area contributed by atoms with E-state index in [0.717, 1.165) is 25.9 Å². The first kappa shape index (κ1) is 17.4. The number of rotatable bonds is 4. The zero-order valence-electron chi connectivity index (χ0n) is 15.4. The lowest BCUT2D eigenvalue weighted by Gasteiger charge is -2.31. The van der Waals surface area contributed by atoms with Gasteiger partial charge >= 0.3 is 0 Å². The van der Waals surface area contributed by atoms with E-state index >= 15 is 0 Å². The maximum Gasteiger partial charge on any atom is 0.155 e. The Morgan fingerprint density at radius 3 is 2.17 bits per heavy atom.